The van der Waals surface area contributed by atoms with E-state index < -0.39 is 0 Å². The van der Waals surface area contributed by atoms with Crippen LogP contribution in [0.1, 0.15) is 28.4 Å². The van der Waals surface area contributed by atoms with Gasteiger partial charge in [0, 0.05) is 37.9 Å². The van der Waals surface area contributed by atoms with Crippen LogP contribution < -0.4 is 15.2 Å². The van der Waals surface area contributed by atoms with E-state index in [0.29, 0.717) is 43.2 Å². The molecule has 0 unspecified atom stereocenters. The molecule has 0 bridgehead atoms. The number of methoxy groups -OCH3 is 2. The second kappa shape index (κ2) is 8.04. The van der Waals surface area contributed by atoms with E-state index in [2.05, 4.69) is 9.97 Å². The van der Waals surface area contributed by atoms with Crippen molar-refractivity contribution in [3.63, 3.8) is 0 Å². The lowest BCUT2D eigenvalue weighted by Crippen LogP contribution is -2.29. The molecule has 9 nitrogen and oxygen atoms in total. The largest absolute Gasteiger partial charge is 0.496 e. The van der Waals surface area contributed by atoms with E-state index in [1.54, 1.807) is 49.5 Å². The molecule has 29 heavy (non-hydrogen) atoms. The zero-order chi connectivity index (χ0) is 20.4. The van der Waals surface area contributed by atoms with Gasteiger partial charge in [0.05, 0.1) is 26.5 Å². The van der Waals surface area contributed by atoms with Crippen LogP contribution in [0, 0.1) is 0 Å². The molecule has 1 atom stereocenters. The van der Waals surface area contributed by atoms with Gasteiger partial charge in [-0.05, 0) is 18.6 Å². The minimum absolute atomic E-state index is 0.0814. The van der Waals surface area contributed by atoms with Gasteiger partial charge in [-0.3, -0.25) is 4.79 Å². The number of carbonyl (C=O) groups is 1. The van der Waals surface area contributed by atoms with E-state index in [4.69, 9.17) is 20.3 Å². The highest BCUT2D eigenvalue weighted by Gasteiger charge is 2.34. The Morgan fingerprint density at radius 3 is 2.62 bits per heavy atom. The maximum absolute atomic E-state index is 13.3. The highest BCUT2D eigenvalue weighted by molar-refractivity contribution is 6.00. The summed E-state index contributed by atoms with van der Waals surface area (Å²) in [6, 6.07) is 5.33. The van der Waals surface area contributed by atoms with Crippen molar-refractivity contribution in [1.29, 1.82) is 0 Å². The molecule has 2 aromatic heterocycles. The van der Waals surface area contributed by atoms with Crippen molar-refractivity contribution in [2.45, 2.75) is 18.9 Å². The average Bonchev–Trinajstić information content (AvgIpc) is 3.38. The second-order valence-electron chi connectivity index (χ2n) is 6.90. The Bertz CT molecular complexity index is 1010. The molecule has 152 valence electrons. The molecule has 1 fully saturated rings. The van der Waals surface area contributed by atoms with E-state index >= 15 is 0 Å². The number of nitrogens with two attached hydrogens (primary N) is 1. The molecule has 3 heterocycles. The maximum Gasteiger partial charge on any atom is 0.261 e. The summed E-state index contributed by atoms with van der Waals surface area (Å²) < 4.78 is 12.6. The summed E-state index contributed by atoms with van der Waals surface area (Å²) in [5, 5.41) is 4.72. The number of likely N-dealkylation sites (tertiary alicyclic amines) is 1. The normalized spacial score (nSPS) is 16.4. The van der Waals surface area contributed by atoms with E-state index in [0.717, 1.165) is 23.3 Å². The van der Waals surface area contributed by atoms with Crippen molar-refractivity contribution in [3.8, 4) is 11.5 Å². The molecule has 2 N–H and O–H groups in total. The molecule has 0 radical (unpaired) electrons. The van der Waals surface area contributed by atoms with Crippen molar-refractivity contribution in [2.24, 2.45) is 5.73 Å². The summed E-state index contributed by atoms with van der Waals surface area (Å²) in [5.74, 6) is 0.971. The smallest absolute Gasteiger partial charge is 0.261 e. The van der Waals surface area contributed by atoms with Crippen molar-refractivity contribution in [3.05, 3.63) is 41.9 Å². The van der Waals surface area contributed by atoms with E-state index in [9.17, 15) is 4.79 Å². The Kier molecular flexibility index (Phi) is 5.30. The number of carbonyl (C=O) groups excluding carboxylic acids is 1. The molecular weight excluding hydrogens is 372 g/mol. The second-order valence-corrected chi connectivity index (χ2v) is 6.90. The first-order valence-corrected chi connectivity index (χ1v) is 9.55. The number of ether oxygens (including phenoxy) is 2. The van der Waals surface area contributed by atoms with Crippen LogP contribution in [0.15, 0.2) is 30.6 Å². The highest BCUT2D eigenvalue weighted by Crippen LogP contribution is 2.34. The number of amides is 1. The molecule has 0 spiro atoms. The standard InChI is InChI=1S/C20H24N6O3/c1-28-14-4-3-5-15(29-2)16(14)20(27)25-10-6-13(12-25)17-18-19(23-9-8-22-18)26(24-17)11-7-21/h3-5,8-9,13H,6-7,10-12,21H2,1-2H3/t13-/m1/s1. The van der Waals surface area contributed by atoms with Crippen LogP contribution in [-0.4, -0.2) is 64.4 Å². The Hall–Kier alpha value is -3.20. The van der Waals surface area contributed by atoms with E-state index in [-0.39, 0.29) is 11.8 Å². The molecule has 1 aliphatic rings. The van der Waals surface area contributed by atoms with Gasteiger partial charge in [-0.2, -0.15) is 5.10 Å². The van der Waals surface area contributed by atoms with Crippen molar-refractivity contribution < 1.29 is 14.3 Å². The Morgan fingerprint density at radius 2 is 1.93 bits per heavy atom. The average molecular weight is 396 g/mol. The number of fused-ring (bicyclic) bond motifs is 1. The first-order chi connectivity index (χ1) is 14.2. The fourth-order valence-corrected chi connectivity index (χ4v) is 3.87. The van der Waals surface area contributed by atoms with Gasteiger partial charge in [0.2, 0.25) is 0 Å². The van der Waals surface area contributed by atoms with Gasteiger partial charge in [-0.1, -0.05) is 6.07 Å². The first-order valence-electron chi connectivity index (χ1n) is 9.55. The zero-order valence-corrected chi connectivity index (χ0v) is 16.5. The fraction of sp³-hybridized carbons (Fsp3) is 0.400. The quantitative estimate of drug-likeness (QED) is 0.671. The topological polar surface area (TPSA) is 108 Å². The molecule has 4 rings (SSSR count). The molecule has 0 aliphatic carbocycles. The Balaban J connectivity index is 1.62. The van der Waals surface area contributed by atoms with Crippen molar-refractivity contribution in [2.75, 3.05) is 33.9 Å². The van der Waals surface area contributed by atoms with E-state index in [1.165, 1.54) is 0 Å². The minimum atomic E-state index is -0.112. The number of benzene rings is 1. The van der Waals surface area contributed by atoms with Crippen molar-refractivity contribution >= 4 is 17.1 Å². The predicted octanol–water partition coefficient (Wildman–Crippen LogP) is 1.43. The monoisotopic (exact) mass is 396 g/mol. The summed E-state index contributed by atoms with van der Waals surface area (Å²) in [5.41, 5.74) is 8.51. The lowest BCUT2D eigenvalue weighted by atomic mass is 10.0. The molecule has 9 heteroatoms. The summed E-state index contributed by atoms with van der Waals surface area (Å²) in [7, 11) is 3.10. The van der Waals surface area contributed by atoms with Crippen LogP contribution in [0.3, 0.4) is 0 Å². The lowest BCUT2D eigenvalue weighted by Gasteiger charge is -2.19. The number of hydrogen-bond donors (Lipinski definition) is 1. The highest BCUT2D eigenvalue weighted by atomic mass is 16.5. The van der Waals surface area contributed by atoms with Gasteiger partial charge in [0.25, 0.3) is 5.91 Å². The lowest BCUT2D eigenvalue weighted by molar-refractivity contribution is 0.0783. The van der Waals surface area contributed by atoms with Crippen LogP contribution in [0.5, 0.6) is 11.5 Å². The zero-order valence-electron chi connectivity index (χ0n) is 16.5. The number of rotatable bonds is 6. The summed E-state index contributed by atoms with van der Waals surface area (Å²) in [6.45, 7) is 2.21. The van der Waals surface area contributed by atoms with Gasteiger partial charge in [0.1, 0.15) is 22.6 Å². The predicted molar refractivity (Wildman–Crippen MR) is 107 cm³/mol. The van der Waals surface area contributed by atoms with Gasteiger partial charge >= 0.3 is 0 Å². The number of hydrogen-bond acceptors (Lipinski definition) is 7. The van der Waals surface area contributed by atoms with Crippen LogP contribution in [-0.2, 0) is 6.54 Å². The summed E-state index contributed by atoms with van der Waals surface area (Å²) in [4.78, 5) is 24.0. The third kappa shape index (κ3) is 3.38. The molecule has 1 amide bonds. The van der Waals surface area contributed by atoms with Gasteiger partial charge < -0.3 is 20.1 Å². The molecule has 0 saturated carbocycles. The Labute approximate surface area is 168 Å². The van der Waals surface area contributed by atoms with Crippen LogP contribution >= 0.6 is 0 Å². The van der Waals surface area contributed by atoms with Crippen LogP contribution in [0.4, 0.5) is 0 Å². The molecule has 1 aliphatic heterocycles. The summed E-state index contributed by atoms with van der Waals surface area (Å²) >= 11 is 0. The first kappa shape index (κ1) is 19.1. The van der Waals surface area contributed by atoms with Crippen LogP contribution in [0.25, 0.3) is 11.2 Å². The SMILES string of the molecule is COc1cccc(OC)c1C(=O)N1CC[C@@H](c2nn(CCN)c3nccnc23)C1. The molecule has 3 aromatic rings. The van der Waals surface area contributed by atoms with Gasteiger partial charge in [-0.25, -0.2) is 14.6 Å². The number of aromatic nitrogens is 4. The maximum atomic E-state index is 13.3. The van der Waals surface area contributed by atoms with E-state index in [1.807, 2.05) is 4.90 Å². The van der Waals surface area contributed by atoms with Gasteiger partial charge in [0.15, 0.2) is 5.65 Å². The minimum Gasteiger partial charge on any atom is -0.496 e. The Morgan fingerprint density at radius 1 is 1.21 bits per heavy atom. The fourth-order valence-electron chi connectivity index (χ4n) is 3.87. The van der Waals surface area contributed by atoms with Crippen LogP contribution in [0.2, 0.25) is 0 Å². The third-order valence-electron chi connectivity index (χ3n) is 5.24. The third-order valence-corrected chi connectivity index (χ3v) is 5.24. The molecule has 1 saturated heterocycles. The van der Waals surface area contributed by atoms with Gasteiger partial charge in [-0.15, -0.1) is 0 Å². The number of nitrogens with zero attached hydrogens (tertiary/aromatic N) is 5. The summed E-state index contributed by atoms with van der Waals surface area (Å²) in [6.07, 6.45) is 4.12. The molecular formula is C20H24N6O3. The molecule has 1 aromatic carbocycles. The van der Waals surface area contributed by atoms with Crippen molar-refractivity contribution in [1.82, 2.24) is 24.6 Å².